The number of carbonyl (C=O) groups is 1. The van der Waals surface area contributed by atoms with Crippen LogP contribution < -0.4 is 14.5 Å². The van der Waals surface area contributed by atoms with Crippen LogP contribution in [0.15, 0.2) is 30.3 Å². The average Bonchev–Trinajstić information content (AvgIpc) is 2.96. The van der Waals surface area contributed by atoms with E-state index in [1.165, 1.54) is 16.3 Å². The maximum atomic E-state index is 12.8. The van der Waals surface area contributed by atoms with Crippen LogP contribution in [0, 0.1) is 13.8 Å². The van der Waals surface area contributed by atoms with Gasteiger partial charge in [-0.05, 0) is 51.1 Å². The van der Waals surface area contributed by atoms with Crippen molar-refractivity contribution in [2.24, 2.45) is 0 Å². The summed E-state index contributed by atoms with van der Waals surface area (Å²) >= 11 is 0. The highest BCUT2D eigenvalue weighted by molar-refractivity contribution is 5.98. The van der Waals surface area contributed by atoms with Crippen molar-refractivity contribution in [2.45, 2.75) is 27.3 Å². The molecule has 26 heavy (non-hydrogen) atoms. The number of benzene rings is 1. The Bertz CT molecular complexity index is 756. The molecule has 140 valence electrons. The first-order valence-electron chi connectivity index (χ1n) is 9.46. The second-order valence-electron chi connectivity index (χ2n) is 7.06. The van der Waals surface area contributed by atoms with Gasteiger partial charge in [0.05, 0.1) is 33.3 Å². The van der Waals surface area contributed by atoms with Gasteiger partial charge in [0, 0.05) is 29.2 Å². The summed E-state index contributed by atoms with van der Waals surface area (Å²) in [6.45, 7) is 11.7. The zero-order chi connectivity index (χ0) is 18.7. The molecule has 0 saturated carbocycles. The monoisotopic (exact) mass is 356 g/mol. The maximum Gasteiger partial charge on any atom is 0.218 e. The number of rotatable bonds is 6. The van der Waals surface area contributed by atoms with E-state index in [4.69, 9.17) is 4.74 Å². The minimum Gasteiger partial charge on any atom is -0.497 e. The van der Waals surface area contributed by atoms with E-state index >= 15 is 0 Å². The largest absolute Gasteiger partial charge is 0.497 e. The molecule has 0 aliphatic carbocycles. The molecule has 0 amide bonds. The molecule has 1 aliphatic heterocycles. The predicted molar refractivity (Wildman–Crippen MR) is 105 cm³/mol. The van der Waals surface area contributed by atoms with Gasteiger partial charge in [-0.2, -0.15) is 0 Å². The van der Waals surface area contributed by atoms with Crippen LogP contribution in [-0.2, 0) is 6.54 Å². The summed E-state index contributed by atoms with van der Waals surface area (Å²) in [5.74, 6) is 1.15. The highest BCUT2D eigenvalue weighted by atomic mass is 16.5. The molecule has 1 saturated heterocycles. The zero-order valence-corrected chi connectivity index (χ0v) is 16.3. The Hall–Kier alpha value is -2.27. The molecule has 0 radical (unpaired) electrons. The zero-order valence-electron chi connectivity index (χ0n) is 16.3. The van der Waals surface area contributed by atoms with Crippen molar-refractivity contribution in [3.05, 3.63) is 47.3 Å². The summed E-state index contributed by atoms with van der Waals surface area (Å²) in [6, 6.07) is 10.3. The topological polar surface area (TPSA) is 38.9 Å². The van der Waals surface area contributed by atoms with E-state index in [2.05, 4.69) is 42.4 Å². The van der Waals surface area contributed by atoms with Crippen LogP contribution in [0.25, 0.3) is 0 Å². The van der Waals surface area contributed by atoms with Crippen LogP contribution in [0.3, 0.4) is 0 Å². The lowest BCUT2D eigenvalue weighted by atomic mass is 10.1. The molecule has 2 heterocycles. The molecule has 1 aliphatic rings. The molecule has 0 spiro atoms. The minimum atomic E-state index is 0.269. The van der Waals surface area contributed by atoms with Crippen molar-refractivity contribution in [1.29, 1.82) is 0 Å². The summed E-state index contributed by atoms with van der Waals surface area (Å²) in [5.41, 5.74) is 4.40. The molecule has 5 nitrogen and oxygen atoms in total. The van der Waals surface area contributed by atoms with Gasteiger partial charge in [-0.3, -0.25) is 4.79 Å². The van der Waals surface area contributed by atoms with Crippen LogP contribution >= 0.6 is 0 Å². The standard InChI is InChI=1S/C21H29N3O2/c1-5-24-16(2)14-20(17(24)3)21(25)15-22-10-12-23(13-11-22)18-6-8-19(26-4)9-7-18/h6-9,14H,5,10-13,15H2,1-4H3/p+1. The fourth-order valence-corrected chi connectivity index (χ4v) is 3.94. The summed E-state index contributed by atoms with van der Waals surface area (Å²) in [6.07, 6.45) is 0. The summed E-state index contributed by atoms with van der Waals surface area (Å²) in [7, 11) is 1.69. The SMILES string of the molecule is CCn1c(C)cc(C(=O)C[NH+]2CCN(c3ccc(OC)cc3)CC2)c1C. The Morgan fingerprint density at radius 1 is 1.15 bits per heavy atom. The van der Waals surface area contributed by atoms with Crippen LogP contribution in [0.2, 0.25) is 0 Å². The van der Waals surface area contributed by atoms with Gasteiger partial charge in [0.1, 0.15) is 12.3 Å². The molecule has 1 aromatic carbocycles. The van der Waals surface area contributed by atoms with Crippen molar-refractivity contribution in [3.8, 4) is 5.75 Å². The number of anilines is 1. The lowest BCUT2D eigenvalue weighted by Gasteiger charge is -2.33. The summed E-state index contributed by atoms with van der Waals surface area (Å²) < 4.78 is 7.44. The van der Waals surface area contributed by atoms with Gasteiger partial charge >= 0.3 is 0 Å². The molecule has 0 atom stereocenters. The second-order valence-corrected chi connectivity index (χ2v) is 7.06. The predicted octanol–water partition coefficient (Wildman–Crippen LogP) is 1.72. The summed E-state index contributed by atoms with van der Waals surface area (Å²) in [4.78, 5) is 16.5. The number of Topliss-reactive ketones (excluding diaryl/α,β-unsaturated/α-hetero) is 1. The average molecular weight is 356 g/mol. The van der Waals surface area contributed by atoms with E-state index in [1.54, 1.807) is 7.11 Å². The minimum absolute atomic E-state index is 0.269. The lowest BCUT2D eigenvalue weighted by molar-refractivity contribution is -0.892. The Morgan fingerprint density at radius 2 is 1.81 bits per heavy atom. The van der Waals surface area contributed by atoms with E-state index in [0.717, 1.165) is 49.7 Å². The quantitative estimate of drug-likeness (QED) is 0.801. The number of hydrogen-bond acceptors (Lipinski definition) is 3. The number of carbonyl (C=O) groups excluding carboxylic acids is 1. The second kappa shape index (κ2) is 7.96. The third-order valence-corrected chi connectivity index (χ3v) is 5.51. The van der Waals surface area contributed by atoms with Crippen LogP contribution in [-0.4, -0.2) is 50.2 Å². The molecule has 0 unspecified atom stereocenters. The normalized spacial score (nSPS) is 15.3. The molecule has 1 aromatic heterocycles. The van der Waals surface area contributed by atoms with Crippen molar-refractivity contribution >= 4 is 11.5 Å². The smallest absolute Gasteiger partial charge is 0.218 e. The number of piperazine rings is 1. The first kappa shape index (κ1) is 18.5. The third-order valence-electron chi connectivity index (χ3n) is 5.51. The molecule has 1 N–H and O–H groups in total. The van der Waals surface area contributed by atoms with Gasteiger partial charge in [-0.1, -0.05) is 0 Å². The van der Waals surface area contributed by atoms with E-state index < -0.39 is 0 Å². The van der Waals surface area contributed by atoms with Gasteiger partial charge < -0.3 is 19.1 Å². The lowest BCUT2D eigenvalue weighted by Crippen LogP contribution is -3.15. The fourth-order valence-electron chi connectivity index (χ4n) is 3.94. The van der Waals surface area contributed by atoms with Gasteiger partial charge in [-0.15, -0.1) is 0 Å². The van der Waals surface area contributed by atoms with Crippen LogP contribution in [0.5, 0.6) is 5.75 Å². The molecular weight excluding hydrogens is 326 g/mol. The van der Waals surface area contributed by atoms with Crippen LogP contribution in [0.4, 0.5) is 5.69 Å². The van der Waals surface area contributed by atoms with Gasteiger partial charge in [0.2, 0.25) is 5.78 Å². The van der Waals surface area contributed by atoms with Gasteiger partial charge in [0.25, 0.3) is 0 Å². The Balaban J connectivity index is 1.57. The van der Waals surface area contributed by atoms with E-state index in [9.17, 15) is 4.79 Å². The number of aryl methyl sites for hydroxylation is 1. The van der Waals surface area contributed by atoms with Gasteiger partial charge in [-0.25, -0.2) is 0 Å². The molecule has 5 heteroatoms. The molecule has 2 aromatic rings. The molecular formula is C21H30N3O2+. The van der Waals surface area contributed by atoms with Crippen molar-refractivity contribution in [2.75, 3.05) is 44.7 Å². The highest BCUT2D eigenvalue weighted by Crippen LogP contribution is 2.19. The van der Waals surface area contributed by atoms with E-state index in [-0.39, 0.29) is 5.78 Å². The number of hydrogen-bond donors (Lipinski definition) is 1. The molecule has 0 bridgehead atoms. The molecule has 1 fully saturated rings. The number of ether oxygens (including phenoxy) is 1. The Kier molecular flexibility index (Phi) is 5.67. The highest BCUT2D eigenvalue weighted by Gasteiger charge is 2.24. The Morgan fingerprint density at radius 3 is 2.35 bits per heavy atom. The first-order chi connectivity index (χ1) is 12.5. The Labute approximate surface area is 156 Å². The van der Waals surface area contributed by atoms with E-state index in [1.807, 2.05) is 18.2 Å². The van der Waals surface area contributed by atoms with Crippen LogP contribution in [0.1, 0.15) is 28.7 Å². The number of ketones is 1. The number of nitrogens with one attached hydrogen (secondary N) is 1. The number of aromatic nitrogens is 1. The van der Waals surface area contributed by atoms with Crippen molar-refractivity contribution in [3.63, 3.8) is 0 Å². The summed E-state index contributed by atoms with van der Waals surface area (Å²) in [5, 5.41) is 0. The molecule has 3 rings (SSSR count). The number of quaternary nitrogens is 1. The van der Waals surface area contributed by atoms with E-state index in [0.29, 0.717) is 6.54 Å². The maximum absolute atomic E-state index is 12.8. The fraction of sp³-hybridized carbons (Fsp3) is 0.476. The van der Waals surface area contributed by atoms with Crippen molar-refractivity contribution in [1.82, 2.24) is 4.57 Å². The number of methoxy groups -OCH3 is 1. The first-order valence-corrected chi connectivity index (χ1v) is 9.46. The van der Waals surface area contributed by atoms with Gasteiger partial charge in [0.15, 0.2) is 0 Å². The third kappa shape index (κ3) is 3.78. The van der Waals surface area contributed by atoms with Crippen molar-refractivity contribution < 1.29 is 14.4 Å². The number of nitrogens with zero attached hydrogens (tertiary/aromatic N) is 2.